The maximum atomic E-state index is 12.9. The van der Waals surface area contributed by atoms with Crippen LogP contribution in [0.3, 0.4) is 0 Å². The van der Waals surface area contributed by atoms with E-state index in [1.165, 1.54) is 0 Å². The first-order valence-electron chi connectivity index (χ1n) is 8.15. The number of hydrogen-bond acceptors (Lipinski definition) is 2. The predicted octanol–water partition coefficient (Wildman–Crippen LogP) is 4.90. The number of nitrogens with one attached hydrogen (secondary N) is 1. The quantitative estimate of drug-likeness (QED) is 0.782. The van der Waals surface area contributed by atoms with E-state index < -0.39 is 0 Å². The topological polar surface area (TPSA) is 32.3 Å². The highest BCUT2D eigenvalue weighted by atomic mass is 79.9. The van der Waals surface area contributed by atoms with Crippen molar-refractivity contribution in [2.24, 2.45) is 0 Å². The van der Waals surface area contributed by atoms with E-state index in [2.05, 4.69) is 46.1 Å². The normalized spacial score (nSPS) is 20.0. The molecule has 2 aromatic carbocycles. The summed E-state index contributed by atoms with van der Waals surface area (Å²) in [5.74, 6) is -0.0710. The van der Waals surface area contributed by atoms with Crippen LogP contribution in [-0.4, -0.2) is 29.9 Å². The zero-order chi connectivity index (χ0) is 17.3. The van der Waals surface area contributed by atoms with E-state index in [1.54, 1.807) is 0 Å². The molecule has 0 saturated heterocycles. The number of benzene rings is 2. The van der Waals surface area contributed by atoms with Gasteiger partial charge in [-0.25, -0.2) is 0 Å². The Labute approximate surface area is 156 Å². The SMILES string of the molecule is CCN(CC)[C@@H]1C(=O)Nc2ccc(Br)cc2[C@@H]1c1ccccc1Cl. The molecule has 24 heavy (non-hydrogen) atoms. The first-order valence-corrected chi connectivity index (χ1v) is 9.32. The summed E-state index contributed by atoms with van der Waals surface area (Å²) in [5.41, 5.74) is 2.94. The van der Waals surface area contributed by atoms with Crippen LogP contribution in [-0.2, 0) is 4.79 Å². The van der Waals surface area contributed by atoms with Gasteiger partial charge in [0.25, 0.3) is 0 Å². The smallest absolute Gasteiger partial charge is 0.242 e. The molecule has 0 aromatic heterocycles. The van der Waals surface area contributed by atoms with E-state index in [4.69, 9.17) is 11.6 Å². The van der Waals surface area contributed by atoms with E-state index >= 15 is 0 Å². The van der Waals surface area contributed by atoms with Crippen molar-refractivity contribution in [1.29, 1.82) is 0 Å². The lowest BCUT2D eigenvalue weighted by Crippen LogP contribution is -2.50. The molecule has 0 saturated carbocycles. The molecule has 0 radical (unpaired) electrons. The standard InChI is InChI=1S/C19H20BrClN2O/c1-3-23(4-2)18-17(13-7-5-6-8-15(13)21)14-11-12(20)9-10-16(14)22-19(18)24/h5-11,17-18H,3-4H2,1-2H3,(H,22,24)/t17-,18-/m0/s1. The number of amides is 1. The minimum absolute atomic E-state index is 0.0263. The van der Waals surface area contributed by atoms with Gasteiger partial charge in [0, 0.05) is 21.1 Å². The number of halogens is 2. The second-order valence-electron chi connectivity index (χ2n) is 5.89. The van der Waals surface area contributed by atoms with Gasteiger partial charge in [0.05, 0.1) is 0 Å². The Bertz CT molecular complexity index is 761. The van der Waals surface area contributed by atoms with E-state index in [1.807, 2.05) is 36.4 Å². The number of rotatable bonds is 4. The van der Waals surface area contributed by atoms with Gasteiger partial charge in [-0.1, -0.05) is 59.6 Å². The van der Waals surface area contributed by atoms with Crippen LogP contribution in [0.4, 0.5) is 5.69 Å². The Morgan fingerprint density at radius 1 is 1.12 bits per heavy atom. The zero-order valence-corrected chi connectivity index (χ0v) is 16.1. The summed E-state index contributed by atoms with van der Waals surface area (Å²) in [6, 6.07) is 13.5. The van der Waals surface area contributed by atoms with Gasteiger partial charge < -0.3 is 5.32 Å². The third-order valence-corrected chi connectivity index (χ3v) is 5.47. The molecular weight excluding hydrogens is 388 g/mol. The second-order valence-corrected chi connectivity index (χ2v) is 7.21. The van der Waals surface area contributed by atoms with Crippen molar-refractivity contribution in [2.45, 2.75) is 25.8 Å². The van der Waals surface area contributed by atoms with Crippen molar-refractivity contribution < 1.29 is 4.79 Å². The number of carbonyl (C=O) groups excluding carboxylic acids is 1. The molecule has 0 fully saturated rings. The fraction of sp³-hybridized carbons (Fsp3) is 0.316. The van der Waals surface area contributed by atoms with Crippen LogP contribution < -0.4 is 5.32 Å². The maximum absolute atomic E-state index is 12.9. The van der Waals surface area contributed by atoms with Crippen molar-refractivity contribution >= 4 is 39.1 Å². The van der Waals surface area contributed by atoms with Crippen LogP contribution in [0.15, 0.2) is 46.9 Å². The van der Waals surface area contributed by atoms with Crippen LogP contribution in [0.5, 0.6) is 0 Å². The zero-order valence-electron chi connectivity index (χ0n) is 13.7. The van der Waals surface area contributed by atoms with Gasteiger partial charge in [-0.2, -0.15) is 0 Å². The number of fused-ring (bicyclic) bond motifs is 1. The largest absolute Gasteiger partial charge is 0.324 e. The van der Waals surface area contributed by atoms with E-state index in [0.29, 0.717) is 5.02 Å². The van der Waals surface area contributed by atoms with Gasteiger partial charge >= 0.3 is 0 Å². The molecule has 3 rings (SSSR count). The fourth-order valence-electron chi connectivity index (χ4n) is 3.49. The first-order chi connectivity index (χ1) is 11.6. The lowest BCUT2D eigenvalue weighted by atomic mass is 9.80. The molecule has 0 spiro atoms. The highest BCUT2D eigenvalue weighted by molar-refractivity contribution is 9.10. The van der Waals surface area contributed by atoms with Gasteiger partial charge in [-0.15, -0.1) is 0 Å². The van der Waals surface area contributed by atoms with E-state index in [-0.39, 0.29) is 17.9 Å². The molecule has 1 amide bonds. The molecule has 2 atom stereocenters. The summed E-state index contributed by atoms with van der Waals surface area (Å²) in [6.07, 6.45) is 0. The minimum Gasteiger partial charge on any atom is -0.324 e. The van der Waals surface area contributed by atoms with Crippen LogP contribution >= 0.6 is 27.5 Å². The number of anilines is 1. The summed E-state index contributed by atoms with van der Waals surface area (Å²) in [4.78, 5) is 15.1. The lowest BCUT2D eigenvalue weighted by molar-refractivity contribution is -0.122. The highest BCUT2D eigenvalue weighted by Gasteiger charge is 2.40. The minimum atomic E-state index is -0.276. The first kappa shape index (κ1) is 17.5. The van der Waals surface area contributed by atoms with Crippen LogP contribution in [0.1, 0.15) is 30.9 Å². The Kier molecular flexibility index (Phi) is 5.28. The van der Waals surface area contributed by atoms with Gasteiger partial charge in [0.15, 0.2) is 0 Å². The fourth-order valence-corrected chi connectivity index (χ4v) is 4.12. The van der Waals surface area contributed by atoms with Crippen LogP contribution in [0, 0.1) is 0 Å². The number of likely N-dealkylation sites (N-methyl/N-ethyl adjacent to an activating group) is 1. The molecule has 0 aliphatic carbocycles. The van der Waals surface area contributed by atoms with Gasteiger partial charge in [0.1, 0.15) is 6.04 Å². The van der Waals surface area contributed by atoms with Gasteiger partial charge in [-0.05, 0) is 48.5 Å². The van der Waals surface area contributed by atoms with Crippen molar-refractivity contribution in [2.75, 3.05) is 18.4 Å². The number of carbonyl (C=O) groups is 1. The molecule has 1 heterocycles. The molecular formula is C19H20BrClN2O. The van der Waals surface area contributed by atoms with Crippen molar-refractivity contribution in [1.82, 2.24) is 4.90 Å². The Hall–Kier alpha value is -1.36. The monoisotopic (exact) mass is 406 g/mol. The summed E-state index contributed by atoms with van der Waals surface area (Å²) >= 11 is 10.1. The number of hydrogen-bond donors (Lipinski definition) is 1. The Morgan fingerprint density at radius 3 is 2.50 bits per heavy atom. The molecule has 1 aliphatic heterocycles. The van der Waals surface area contributed by atoms with Crippen LogP contribution in [0.25, 0.3) is 0 Å². The highest BCUT2D eigenvalue weighted by Crippen LogP contribution is 2.42. The second kappa shape index (κ2) is 7.26. The molecule has 2 aromatic rings. The summed E-state index contributed by atoms with van der Waals surface area (Å²) in [6.45, 7) is 5.77. The summed E-state index contributed by atoms with van der Waals surface area (Å²) in [5, 5.41) is 3.76. The van der Waals surface area contributed by atoms with Gasteiger partial charge in [0.2, 0.25) is 5.91 Å². The Balaban J connectivity index is 2.22. The Morgan fingerprint density at radius 2 is 1.83 bits per heavy atom. The molecule has 0 bridgehead atoms. The third kappa shape index (κ3) is 3.10. The number of nitrogens with zero attached hydrogens (tertiary/aromatic N) is 1. The predicted molar refractivity (Wildman–Crippen MR) is 103 cm³/mol. The molecule has 3 nitrogen and oxygen atoms in total. The van der Waals surface area contributed by atoms with Crippen LogP contribution in [0.2, 0.25) is 5.02 Å². The molecule has 1 N–H and O–H groups in total. The van der Waals surface area contributed by atoms with E-state index in [9.17, 15) is 4.79 Å². The lowest BCUT2D eigenvalue weighted by Gasteiger charge is -2.39. The summed E-state index contributed by atoms with van der Waals surface area (Å²) < 4.78 is 0.993. The molecule has 0 unspecified atom stereocenters. The average Bonchev–Trinajstić information content (AvgIpc) is 2.57. The van der Waals surface area contributed by atoms with Crippen molar-refractivity contribution in [3.63, 3.8) is 0 Å². The molecule has 5 heteroatoms. The maximum Gasteiger partial charge on any atom is 0.242 e. The average molecular weight is 408 g/mol. The van der Waals surface area contributed by atoms with Gasteiger partial charge in [-0.3, -0.25) is 9.69 Å². The molecule has 126 valence electrons. The summed E-state index contributed by atoms with van der Waals surface area (Å²) in [7, 11) is 0. The van der Waals surface area contributed by atoms with Crippen molar-refractivity contribution in [3.8, 4) is 0 Å². The third-order valence-electron chi connectivity index (χ3n) is 4.64. The molecule has 1 aliphatic rings. The van der Waals surface area contributed by atoms with E-state index in [0.717, 1.165) is 34.4 Å². The van der Waals surface area contributed by atoms with Crippen molar-refractivity contribution in [3.05, 3.63) is 63.1 Å².